The third kappa shape index (κ3) is 4.74. The molecule has 0 radical (unpaired) electrons. The minimum atomic E-state index is -5.65. The van der Waals surface area contributed by atoms with Crippen LogP contribution in [0.5, 0.6) is 0 Å². The maximum Gasteiger partial charge on any atom is 0.411 e. The van der Waals surface area contributed by atoms with Gasteiger partial charge in [0.15, 0.2) is 0 Å². The van der Waals surface area contributed by atoms with Gasteiger partial charge >= 0.3 is 12.4 Å². The van der Waals surface area contributed by atoms with Crippen molar-refractivity contribution in [2.45, 2.75) is 44.5 Å². The Balaban J connectivity index is 1.38. The number of imidazole rings is 2. The van der Waals surface area contributed by atoms with Crippen LogP contribution >= 0.6 is 0 Å². The van der Waals surface area contributed by atoms with Crippen molar-refractivity contribution in [1.29, 1.82) is 0 Å². The van der Waals surface area contributed by atoms with Crippen molar-refractivity contribution in [1.82, 2.24) is 19.9 Å². The summed E-state index contributed by atoms with van der Waals surface area (Å²) in [5, 5.41) is 0. The number of rotatable bonds is 6. The lowest BCUT2D eigenvalue weighted by molar-refractivity contribution is -0.288. The van der Waals surface area contributed by atoms with Gasteiger partial charge < -0.3 is 9.97 Å². The predicted molar refractivity (Wildman–Crippen MR) is 155 cm³/mol. The molecule has 0 aliphatic rings. The van der Waals surface area contributed by atoms with Crippen molar-refractivity contribution in [3.8, 4) is 22.5 Å². The first-order valence-electron chi connectivity index (χ1n) is 13.8. The molecule has 0 aliphatic heterocycles. The van der Waals surface area contributed by atoms with E-state index in [1.165, 1.54) is 24.3 Å². The van der Waals surface area contributed by atoms with E-state index < -0.39 is 28.9 Å². The van der Waals surface area contributed by atoms with Crippen LogP contribution < -0.4 is 0 Å². The first-order valence-corrected chi connectivity index (χ1v) is 13.8. The number of fused-ring (bicyclic) bond motifs is 2. The molecule has 0 atom stereocenters. The summed E-state index contributed by atoms with van der Waals surface area (Å²) >= 11 is 0. The van der Waals surface area contributed by atoms with Crippen LogP contribution in [0.25, 0.3) is 44.6 Å². The number of nitrogens with zero attached hydrogens (tertiary/aromatic N) is 2. The quantitative estimate of drug-likeness (QED) is 0.189. The highest BCUT2D eigenvalue weighted by molar-refractivity contribution is 5.87. The summed E-state index contributed by atoms with van der Waals surface area (Å²) in [7, 11) is 0. The van der Waals surface area contributed by atoms with Gasteiger partial charge in [-0.1, -0.05) is 74.5 Å². The number of nitrogens with one attached hydrogen (secondary N) is 2. The fourth-order valence-electron chi connectivity index (χ4n) is 5.59. The summed E-state index contributed by atoms with van der Waals surface area (Å²) in [6, 6.07) is 20.2. The Morgan fingerprint density at radius 1 is 0.558 bits per heavy atom. The molecule has 10 heteroatoms. The zero-order valence-electron chi connectivity index (χ0n) is 23.2. The molecule has 4 aromatic carbocycles. The Bertz CT molecular complexity index is 1900. The van der Waals surface area contributed by atoms with Crippen molar-refractivity contribution in [2.24, 2.45) is 0 Å². The molecule has 2 aromatic heterocycles. The molecule has 220 valence electrons. The van der Waals surface area contributed by atoms with E-state index in [9.17, 15) is 26.3 Å². The predicted octanol–water partition coefficient (Wildman–Crippen LogP) is 9.31. The minimum Gasteiger partial charge on any atom is -0.342 e. The van der Waals surface area contributed by atoms with Crippen molar-refractivity contribution < 1.29 is 26.3 Å². The number of halogens is 6. The van der Waals surface area contributed by atoms with Crippen LogP contribution in [-0.4, -0.2) is 32.3 Å². The normalized spacial score (nSPS) is 12.8. The molecule has 4 nitrogen and oxygen atoms in total. The Hall–Kier alpha value is -4.60. The van der Waals surface area contributed by atoms with Crippen LogP contribution in [0.1, 0.15) is 36.4 Å². The lowest BCUT2D eigenvalue weighted by atomic mass is 9.72. The minimum absolute atomic E-state index is 0.326. The number of hydrogen-bond acceptors (Lipinski definition) is 2. The number of hydrogen-bond donors (Lipinski definition) is 2. The van der Waals surface area contributed by atoms with Crippen molar-refractivity contribution in [3.63, 3.8) is 0 Å². The van der Waals surface area contributed by atoms with Crippen LogP contribution in [-0.2, 0) is 18.3 Å². The standard InChI is InChI=1S/C33H26F6N4/c1-3-19-5-11-23(12-6-19)31(32(34,35)36,33(37,38)39)24-13-7-20(8-14-24)30-42-26-16-10-22(18-28(26)43-30)21-9-15-25-27(17-21)41-29(4-2)40-25/h5-18H,3-4H2,1-2H3,(H,40,41)(H,42,43). The molecule has 6 aromatic rings. The maximum atomic E-state index is 14.5. The van der Waals surface area contributed by atoms with Crippen LogP contribution in [0.4, 0.5) is 26.3 Å². The smallest absolute Gasteiger partial charge is 0.342 e. The van der Waals surface area contributed by atoms with E-state index in [1.807, 2.05) is 43.3 Å². The zero-order chi connectivity index (χ0) is 30.6. The highest BCUT2D eigenvalue weighted by Crippen LogP contribution is 2.56. The van der Waals surface area contributed by atoms with Gasteiger partial charge in [0.1, 0.15) is 11.6 Å². The molecule has 2 N–H and O–H groups in total. The highest BCUT2D eigenvalue weighted by atomic mass is 19.4. The molecule has 0 bridgehead atoms. The second-order valence-corrected chi connectivity index (χ2v) is 10.5. The molecular weight excluding hydrogens is 566 g/mol. The Labute approximate surface area is 242 Å². The molecule has 0 amide bonds. The van der Waals surface area contributed by atoms with Crippen LogP contribution in [0.2, 0.25) is 0 Å². The Morgan fingerprint density at radius 2 is 1.05 bits per heavy atom. The number of aromatic amines is 2. The fraction of sp³-hybridized carbons (Fsp3) is 0.212. The van der Waals surface area contributed by atoms with Gasteiger partial charge in [0.25, 0.3) is 0 Å². The van der Waals surface area contributed by atoms with Gasteiger partial charge in [0.2, 0.25) is 5.41 Å². The number of H-pyrrole nitrogens is 2. The third-order valence-electron chi connectivity index (χ3n) is 7.92. The monoisotopic (exact) mass is 592 g/mol. The summed E-state index contributed by atoms with van der Waals surface area (Å²) in [5.74, 6) is 1.22. The first kappa shape index (κ1) is 28.5. The van der Waals surface area contributed by atoms with E-state index >= 15 is 0 Å². The molecular formula is C33H26F6N4. The average molecular weight is 593 g/mol. The number of aromatic nitrogens is 4. The fourth-order valence-corrected chi connectivity index (χ4v) is 5.59. The molecule has 6 rings (SSSR count). The summed E-state index contributed by atoms with van der Waals surface area (Å²) < 4.78 is 87.2. The molecule has 0 unspecified atom stereocenters. The summed E-state index contributed by atoms with van der Waals surface area (Å²) in [6.45, 7) is 3.79. The SMILES string of the molecule is CCc1ccc(C(c2ccc(-c3nc4ccc(-c5ccc6nc(CC)[nH]c6c5)cc4[nH]3)cc2)(C(F)(F)F)C(F)(F)F)cc1. The van der Waals surface area contributed by atoms with Crippen molar-refractivity contribution in [2.75, 3.05) is 0 Å². The lowest BCUT2D eigenvalue weighted by Gasteiger charge is -2.38. The van der Waals surface area contributed by atoms with Crippen molar-refractivity contribution >= 4 is 22.1 Å². The van der Waals surface area contributed by atoms with E-state index in [2.05, 4.69) is 19.9 Å². The third-order valence-corrected chi connectivity index (χ3v) is 7.92. The number of aryl methyl sites for hydroxylation is 2. The van der Waals surface area contributed by atoms with E-state index in [1.54, 1.807) is 6.92 Å². The largest absolute Gasteiger partial charge is 0.411 e. The Morgan fingerprint density at radius 3 is 1.56 bits per heavy atom. The van der Waals surface area contributed by atoms with Gasteiger partial charge in [-0.3, -0.25) is 0 Å². The van der Waals surface area contributed by atoms with E-state index in [-0.39, 0.29) is 0 Å². The maximum absolute atomic E-state index is 14.5. The van der Waals surface area contributed by atoms with Crippen LogP contribution in [0, 0.1) is 0 Å². The van der Waals surface area contributed by atoms with Gasteiger partial charge in [-0.15, -0.1) is 0 Å². The van der Waals surface area contributed by atoms with Gasteiger partial charge in [-0.05, 0) is 58.5 Å². The number of benzene rings is 4. The second kappa shape index (κ2) is 10.3. The summed E-state index contributed by atoms with van der Waals surface area (Å²) in [4.78, 5) is 15.5. The molecule has 2 heterocycles. The molecule has 0 fully saturated rings. The molecule has 43 heavy (non-hydrogen) atoms. The summed E-state index contributed by atoms with van der Waals surface area (Å²) in [5.41, 5.74) is -0.0905. The molecule has 0 saturated heterocycles. The van der Waals surface area contributed by atoms with Gasteiger partial charge in [0.05, 0.1) is 22.1 Å². The highest BCUT2D eigenvalue weighted by Gasteiger charge is 2.72. The summed E-state index contributed by atoms with van der Waals surface area (Å²) in [6.07, 6.45) is -10.0. The lowest BCUT2D eigenvalue weighted by Crippen LogP contribution is -2.54. The van der Waals surface area contributed by atoms with E-state index in [0.717, 1.165) is 58.7 Å². The number of alkyl halides is 6. The topological polar surface area (TPSA) is 57.4 Å². The first-order chi connectivity index (χ1) is 20.4. The second-order valence-electron chi connectivity index (χ2n) is 10.5. The van der Waals surface area contributed by atoms with Crippen molar-refractivity contribution in [3.05, 3.63) is 107 Å². The van der Waals surface area contributed by atoms with E-state index in [4.69, 9.17) is 0 Å². The average Bonchev–Trinajstić information content (AvgIpc) is 3.60. The van der Waals surface area contributed by atoms with Crippen LogP contribution in [0.15, 0.2) is 84.9 Å². The van der Waals surface area contributed by atoms with Gasteiger partial charge in [-0.2, -0.15) is 26.3 Å². The van der Waals surface area contributed by atoms with Gasteiger partial charge in [-0.25, -0.2) is 9.97 Å². The van der Waals surface area contributed by atoms with Crippen LogP contribution in [0.3, 0.4) is 0 Å². The zero-order valence-corrected chi connectivity index (χ0v) is 23.2. The van der Waals surface area contributed by atoms with E-state index in [0.29, 0.717) is 34.4 Å². The molecule has 0 aliphatic carbocycles. The van der Waals surface area contributed by atoms with Gasteiger partial charge in [0, 0.05) is 12.0 Å². The Kier molecular flexibility index (Phi) is 6.82. The molecule has 0 saturated carbocycles. The molecule has 0 spiro atoms.